The molecule has 0 aromatic heterocycles. The lowest BCUT2D eigenvalue weighted by Gasteiger charge is -2.29. The molecule has 0 radical (unpaired) electrons. The second-order valence-corrected chi connectivity index (χ2v) is 7.19. The van der Waals surface area contributed by atoms with Crippen LogP contribution in [0.25, 0.3) is 0 Å². The van der Waals surface area contributed by atoms with Crippen molar-refractivity contribution in [3.8, 4) is 0 Å². The van der Waals surface area contributed by atoms with Gasteiger partial charge in [0.1, 0.15) is 0 Å². The van der Waals surface area contributed by atoms with Crippen molar-refractivity contribution in [2.24, 2.45) is 0 Å². The average Bonchev–Trinajstić information content (AvgIpc) is 2.78. The van der Waals surface area contributed by atoms with E-state index < -0.39 is 6.80 Å². The summed E-state index contributed by atoms with van der Waals surface area (Å²) in [5.74, 6) is 0. The molecule has 3 nitrogen and oxygen atoms in total. The van der Waals surface area contributed by atoms with E-state index in [1.54, 1.807) is 0 Å². The molecule has 0 aromatic carbocycles. The summed E-state index contributed by atoms with van der Waals surface area (Å²) >= 11 is 6.16. The molecule has 5 heteroatoms. The Kier molecular flexibility index (Phi) is 2.99. The summed E-state index contributed by atoms with van der Waals surface area (Å²) < 4.78 is 16.2. The van der Waals surface area contributed by atoms with Crippen LogP contribution in [-0.2, 0) is 4.57 Å². The number of rotatable bonds is 2. The summed E-state index contributed by atoms with van der Waals surface area (Å²) in [6, 6.07) is 0. The Morgan fingerprint density at radius 1 is 0.846 bits per heavy atom. The molecule has 0 bridgehead atoms. The molecule has 2 aliphatic heterocycles. The average molecular weight is 223 g/mol. The molecule has 13 heavy (non-hydrogen) atoms. The molecule has 0 N–H and O–H groups in total. The van der Waals surface area contributed by atoms with Crippen molar-refractivity contribution >= 4 is 18.0 Å². The van der Waals surface area contributed by atoms with Gasteiger partial charge in [-0.25, -0.2) is 9.34 Å². The first-order valence-electron chi connectivity index (χ1n) is 5.02. The first-order valence-corrected chi connectivity index (χ1v) is 7.53. The lowest BCUT2D eigenvalue weighted by Crippen LogP contribution is -2.25. The van der Waals surface area contributed by atoms with E-state index in [4.69, 9.17) is 11.2 Å². The van der Waals surface area contributed by atoms with Gasteiger partial charge in [-0.1, -0.05) is 0 Å². The molecule has 2 saturated heterocycles. The zero-order chi connectivity index (χ0) is 9.31. The molecular weight excluding hydrogens is 207 g/mol. The second kappa shape index (κ2) is 3.90. The van der Waals surface area contributed by atoms with E-state index in [-0.39, 0.29) is 0 Å². The van der Waals surface area contributed by atoms with Crippen molar-refractivity contribution in [2.75, 3.05) is 26.2 Å². The lowest BCUT2D eigenvalue weighted by atomic mass is 10.4. The molecule has 0 unspecified atom stereocenters. The number of hydrogen-bond donors (Lipinski definition) is 0. The molecule has 76 valence electrons. The fraction of sp³-hybridized carbons (Fsp3) is 1.00. The van der Waals surface area contributed by atoms with Crippen LogP contribution in [0, 0.1) is 0 Å². The third-order valence-electron chi connectivity index (χ3n) is 2.86. The Labute approximate surface area is 84.3 Å². The summed E-state index contributed by atoms with van der Waals surface area (Å²) in [6.45, 7) is 1.01. The van der Waals surface area contributed by atoms with Crippen LogP contribution in [0.15, 0.2) is 0 Å². The highest BCUT2D eigenvalue weighted by Gasteiger charge is 2.37. The van der Waals surface area contributed by atoms with E-state index in [1.807, 2.05) is 9.34 Å². The van der Waals surface area contributed by atoms with Crippen molar-refractivity contribution in [3.63, 3.8) is 0 Å². The Hall–Kier alpha value is 0.440. The van der Waals surface area contributed by atoms with Crippen molar-refractivity contribution in [2.45, 2.75) is 25.7 Å². The quantitative estimate of drug-likeness (QED) is 0.671. The largest absolute Gasteiger partial charge is 0.304 e. The van der Waals surface area contributed by atoms with Gasteiger partial charge in [-0.05, 0) is 36.9 Å². The van der Waals surface area contributed by atoms with Crippen molar-refractivity contribution in [1.29, 1.82) is 0 Å². The van der Waals surface area contributed by atoms with Crippen LogP contribution < -0.4 is 0 Å². The predicted octanol–water partition coefficient (Wildman–Crippen LogP) is 2.52. The summed E-state index contributed by atoms with van der Waals surface area (Å²) in [5, 5.41) is 0. The van der Waals surface area contributed by atoms with Gasteiger partial charge in [-0.3, -0.25) is 4.57 Å². The zero-order valence-corrected chi connectivity index (χ0v) is 9.44. The molecular formula is C8H16ClN2OP. The first-order chi connectivity index (χ1) is 6.21. The van der Waals surface area contributed by atoms with Gasteiger partial charge >= 0.3 is 6.80 Å². The molecule has 2 aliphatic rings. The third kappa shape index (κ3) is 1.94. The highest BCUT2D eigenvalue weighted by molar-refractivity contribution is 7.85. The highest BCUT2D eigenvalue weighted by atomic mass is 35.7. The number of halogens is 1. The van der Waals surface area contributed by atoms with Crippen molar-refractivity contribution in [1.82, 2.24) is 9.34 Å². The Balaban J connectivity index is 2.04. The number of hydrogen-bond acceptors (Lipinski definition) is 1. The van der Waals surface area contributed by atoms with Crippen LogP contribution in [0.1, 0.15) is 25.7 Å². The Morgan fingerprint density at radius 2 is 1.15 bits per heavy atom. The van der Waals surface area contributed by atoms with E-state index in [0.29, 0.717) is 0 Å². The monoisotopic (exact) mass is 222 g/mol. The molecule has 2 fully saturated rings. The van der Waals surface area contributed by atoms with E-state index in [1.165, 1.54) is 0 Å². The first kappa shape index (κ1) is 9.97. The van der Waals surface area contributed by atoms with Gasteiger partial charge in [0.15, 0.2) is 0 Å². The standard InChI is InChI=1S/C8H16ClN2OP/c9-13(12,10-5-1-2-6-10)11-7-3-4-8-11/h1-8H2. The molecule has 2 heterocycles. The van der Waals surface area contributed by atoms with E-state index in [9.17, 15) is 4.57 Å². The van der Waals surface area contributed by atoms with Crippen molar-refractivity contribution in [3.05, 3.63) is 0 Å². The minimum absolute atomic E-state index is 0.914. The molecule has 0 spiro atoms. The van der Waals surface area contributed by atoms with E-state index in [2.05, 4.69) is 0 Å². The normalized spacial score (nSPS) is 27.2. The van der Waals surface area contributed by atoms with Gasteiger partial charge in [0.25, 0.3) is 0 Å². The van der Waals surface area contributed by atoms with Crippen molar-refractivity contribution < 1.29 is 4.57 Å². The van der Waals surface area contributed by atoms with E-state index in [0.717, 1.165) is 51.9 Å². The smallest absolute Gasteiger partial charge is 0.271 e. The Morgan fingerprint density at radius 3 is 1.46 bits per heavy atom. The van der Waals surface area contributed by atoms with Crippen LogP contribution >= 0.6 is 18.0 Å². The summed E-state index contributed by atoms with van der Waals surface area (Å²) in [5.41, 5.74) is 0. The summed E-state index contributed by atoms with van der Waals surface area (Å²) in [4.78, 5) is 0. The molecule has 0 aromatic rings. The fourth-order valence-electron chi connectivity index (χ4n) is 2.07. The third-order valence-corrected chi connectivity index (χ3v) is 6.34. The lowest BCUT2D eigenvalue weighted by molar-refractivity contribution is 0.409. The minimum Gasteiger partial charge on any atom is -0.271 e. The second-order valence-electron chi connectivity index (χ2n) is 3.79. The van der Waals surface area contributed by atoms with Gasteiger partial charge < -0.3 is 0 Å². The maximum absolute atomic E-state index is 12.2. The van der Waals surface area contributed by atoms with Crippen LogP contribution in [0.3, 0.4) is 0 Å². The van der Waals surface area contributed by atoms with Gasteiger partial charge in [0.2, 0.25) is 0 Å². The summed E-state index contributed by atoms with van der Waals surface area (Å²) in [6.07, 6.45) is 4.57. The maximum Gasteiger partial charge on any atom is 0.304 e. The van der Waals surface area contributed by atoms with Gasteiger partial charge in [-0.2, -0.15) is 0 Å². The SMILES string of the molecule is O=P(Cl)(N1CCCC1)N1CCCC1. The predicted molar refractivity (Wildman–Crippen MR) is 55.1 cm³/mol. The van der Waals surface area contributed by atoms with Gasteiger partial charge in [0.05, 0.1) is 0 Å². The van der Waals surface area contributed by atoms with Gasteiger partial charge in [0, 0.05) is 26.2 Å². The fourth-order valence-corrected chi connectivity index (χ4v) is 4.89. The molecule has 0 amide bonds. The Bertz CT molecular complexity index is 204. The minimum atomic E-state index is -2.65. The highest BCUT2D eigenvalue weighted by Crippen LogP contribution is 2.60. The maximum atomic E-state index is 12.2. The topological polar surface area (TPSA) is 23.6 Å². The van der Waals surface area contributed by atoms with Crippen LogP contribution in [-0.4, -0.2) is 35.5 Å². The molecule has 0 atom stereocenters. The van der Waals surface area contributed by atoms with Crippen LogP contribution in [0.4, 0.5) is 0 Å². The van der Waals surface area contributed by atoms with E-state index >= 15 is 0 Å². The molecule has 2 rings (SSSR count). The number of nitrogens with zero attached hydrogens (tertiary/aromatic N) is 2. The van der Waals surface area contributed by atoms with Crippen LogP contribution in [0.2, 0.25) is 0 Å². The van der Waals surface area contributed by atoms with Gasteiger partial charge in [-0.15, -0.1) is 0 Å². The summed E-state index contributed by atoms with van der Waals surface area (Å²) in [7, 11) is 0. The molecule has 0 saturated carbocycles. The van der Waals surface area contributed by atoms with Crippen LogP contribution in [0.5, 0.6) is 0 Å². The zero-order valence-electron chi connectivity index (χ0n) is 7.78. The molecule has 0 aliphatic carbocycles.